The molecule has 0 radical (unpaired) electrons. The van der Waals surface area contributed by atoms with E-state index in [1.165, 1.54) is 28.1 Å². The third kappa shape index (κ3) is 35.7. The van der Waals surface area contributed by atoms with Crippen molar-refractivity contribution in [3.63, 3.8) is 0 Å². The number of fused-ring (bicyclic) bond motifs is 1. The number of rotatable bonds is 56. The smallest absolute Gasteiger partial charge is 0.349 e. The number of nitrogens with one attached hydrogen (secondary N) is 1. The largest absolute Gasteiger partial charge is 0.383 e. The Morgan fingerprint density at radius 2 is 0.805 bits per heavy atom. The average molecular weight is 1110 g/mol. The highest BCUT2D eigenvalue weighted by molar-refractivity contribution is 5.77. The minimum absolute atomic E-state index is 0.0493. The Kier molecular flexibility index (Phi) is 41.4. The zero-order valence-electron chi connectivity index (χ0n) is 44.9. The molecule has 0 atom stereocenters. The van der Waals surface area contributed by atoms with Crippen molar-refractivity contribution in [2.75, 3.05) is 250 Å². The van der Waals surface area contributed by atoms with Crippen LogP contribution in [0.25, 0.3) is 11.2 Å². The summed E-state index contributed by atoms with van der Waals surface area (Å²) >= 11 is 0. The van der Waals surface area contributed by atoms with Crippen LogP contribution in [0, 0.1) is 0 Å². The van der Waals surface area contributed by atoms with Gasteiger partial charge in [0.25, 0.3) is 5.56 Å². The van der Waals surface area contributed by atoms with Crippen molar-refractivity contribution in [1.29, 1.82) is 0 Å². The Labute approximate surface area is 449 Å². The molecule has 0 saturated carbocycles. The number of hydrogen-bond donors (Lipinski definition) is 3. The molecular formula is C48H85N9O20. The average Bonchev–Trinajstić information content (AvgIpc) is 3.84. The minimum atomic E-state index is -0.537. The van der Waals surface area contributed by atoms with Gasteiger partial charge in [0.2, 0.25) is 11.9 Å². The van der Waals surface area contributed by atoms with E-state index in [1.54, 1.807) is 11.7 Å². The standard InChI is InChI=1S/C48H85N9O20/c1-61-8-9-62-10-11-63-12-13-64-14-15-65-16-17-66-18-19-67-20-21-68-22-23-69-24-25-70-26-27-71-28-29-72-30-31-73-32-33-74-34-35-75-36-37-76-38-39-77-40-43(58)55(4-6-56-3-2-42(49)52-48(56)60)5-7-57-41-51-45-44(57)46(59)54-47(50)53-45/h2-3,41H,4-40H2,1H3,(H2,49,52,60)(H3,50,53,54,59). The Bertz CT molecular complexity index is 1990. The van der Waals surface area contributed by atoms with Gasteiger partial charge in [-0.3, -0.25) is 19.1 Å². The van der Waals surface area contributed by atoms with E-state index in [4.69, 9.17) is 92.0 Å². The first-order chi connectivity index (χ1) is 37.9. The van der Waals surface area contributed by atoms with Crippen molar-refractivity contribution in [2.24, 2.45) is 0 Å². The van der Waals surface area contributed by atoms with Crippen molar-refractivity contribution in [2.45, 2.75) is 13.1 Å². The first-order valence-electron chi connectivity index (χ1n) is 25.9. The first kappa shape index (κ1) is 66.9. The molecule has 0 aliphatic heterocycles. The molecule has 3 heterocycles. The van der Waals surface area contributed by atoms with Crippen LogP contribution in [0.3, 0.4) is 0 Å². The number of amides is 1. The number of ether oxygens (including phenoxy) is 17. The predicted octanol–water partition coefficient (Wildman–Crippen LogP) is -1.72. The van der Waals surface area contributed by atoms with E-state index in [-0.39, 0.29) is 74.8 Å². The highest BCUT2D eigenvalue weighted by Gasteiger charge is 2.17. The second-order valence-corrected chi connectivity index (χ2v) is 16.0. The van der Waals surface area contributed by atoms with E-state index >= 15 is 0 Å². The van der Waals surface area contributed by atoms with Crippen LogP contribution in [-0.4, -0.2) is 278 Å². The molecule has 442 valence electrons. The van der Waals surface area contributed by atoms with Gasteiger partial charge in [-0.1, -0.05) is 0 Å². The van der Waals surface area contributed by atoms with E-state index in [0.29, 0.717) is 198 Å². The number of imidazole rings is 1. The van der Waals surface area contributed by atoms with Crippen molar-refractivity contribution in [3.8, 4) is 0 Å². The molecule has 0 bridgehead atoms. The first-order valence-corrected chi connectivity index (χ1v) is 25.9. The lowest BCUT2D eigenvalue weighted by Crippen LogP contribution is -2.40. The molecule has 1 amide bonds. The van der Waals surface area contributed by atoms with Gasteiger partial charge in [0.1, 0.15) is 12.4 Å². The summed E-state index contributed by atoms with van der Waals surface area (Å²) in [5, 5.41) is 0. The van der Waals surface area contributed by atoms with E-state index < -0.39 is 11.2 Å². The Hall–Kier alpha value is -4.38. The summed E-state index contributed by atoms with van der Waals surface area (Å²) in [5.41, 5.74) is 10.7. The number of H-pyrrole nitrogens is 1. The molecule has 0 spiro atoms. The third-order valence-electron chi connectivity index (χ3n) is 10.2. The van der Waals surface area contributed by atoms with Crippen LogP contribution in [-0.2, 0) is 98.4 Å². The number of hydrogen-bond acceptors (Lipinski definition) is 25. The topological polar surface area (TPSA) is 328 Å². The van der Waals surface area contributed by atoms with Gasteiger partial charge in [0.05, 0.1) is 218 Å². The number of methoxy groups -OCH3 is 1. The molecule has 3 aromatic heterocycles. The van der Waals surface area contributed by atoms with Crippen LogP contribution in [0.4, 0.5) is 11.8 Å². The summed E-state index contributed by atoms with van der Waals surface area (Å²) < 4.78 is 95.7. The van der Waals surface area contributed by atoms with Gasteiger partial charge in [-0.2, -0.15) is 9.97 Å². The van der Waals surface area contributed by atoms with E-state index in [9.17, 15) is 14.4 Å². The summed E-state index contributed by atoms with van der Waals surface area (Å²) in [6.07, 6.45) is 2.96. The molecule has 0 saturated heterocycles. The molecule has 0 aliphatic rings. The molecule has 0 fully saturated rings. The summed E-state index contributed by atoms with van der Waals surface area (Å²) in [6.45, 7) is 15.1. The Morgan fingerprint density at radius 1 is 0.481 bits per heavy atom. The van der Waals surface area contributed by atoms with E-state index in [2.05, 4.69) is 19.9 Å². The number of nitrogens with two attached hydrogens (primary N) is 2. The second kappa shape index (κ2) is 47.6. The van der Waals surface area contributed by atoms with Crippen LogP contribution < -0.4 is 22.7 Å². The van der Waals surface area contributed by atoms with Crippen LogP contribution in [0.5, 0.6) is 0 Å². The zero-order chi connectivity index (χ0) is 54.9. The molecule has 29 heteroatoms. The van der Waals surface area contributed by atoms with Crippen molar-refractivity contribution in [1.82, 2.24) is 34.0 Å². The fourth-order valence-electron chi connectivity index (χ4n) is 6.29. The Balaban J connectivity index is 0.978. The zero-order valence-corrected chi connectivity index (χ0v) is 44.9. The summed E-state index contributed by atoms with van der Waals surface area (Å²) in [6, 6.07) is 1.50. The molecule has 0 unspecified atom stereocenters. The van der Waals surface area contributed by atoms with E-state index in [1.807, 2.05) is 0 Å². The highest BCUT2D eigenvalue weighted by atomic mass is 16.6. The van der Waals surface area contributed by atoms with Crippen LogP contribution in [0.1, 0.15) is 0 Å². The lowest BCUT2D eigenvalue weighted by Gasteiger charge is -2.23. The highest BCUT2D eigenvalue weighted by Crippen LogP contribution is 2.07. The van der Waals surface area contributed by atoms with E-state index in [0.717, 1.165) is 0 Å². The van der Waals surface area contributed by atoms with Crippen LogP contribution >= 0.6 is 0 Å². The maximum absolute atomic E-state index is 13.2. The number of nitrogens with zero attached hydrogens (tertiary/aromatic N) is 6. The molecule has 3 rings (SSSR count). The van der Waals surface area contributed by atoms with Gasteiger partial charge in [0, 0.05) is 39.5 Å². The van der Waals surface area contributed by atoms with Crippen molar-refractivity contribution >= 4 is 28.8 Å². The molecule has 29 nitrogen and oxygen atoms in total. The SMILES string of the molecule is COCCOCCOCCOCCOCCOCCOCCOCCOCCOCCOCCOCCOCCOCCOCCOCCOCC(=O)N(CCn1ccc(N)nc1=O)CCn1cnc2nc(N)[nH]c(=O)c21. The molecule has 5 N–H and O–H groups in total. The fourth-order valence-corrected chi connectivity index (χ4v) is 6.29. The van der Waals surface area contributed by atoms with Crippen molar-refractivity contribution < 1.29 is 85.3 Å². The maximum Gasteiger partial charge on any atom is 0.349 e. The van der Waals surface area contributed by atoms with Crippen LogP contribution in [0.2, 0.25) is 0 Å². The normalized spacial score (nSPS) is 11.6. The molecule has 3 aromatic rings. The summed E-state index contributed by atoms with van der Waals surface area (Å²) in [4.78, 5) is 53.8. The fraction of sp³-hybridized carbons (Fsp3) is 0.792. The number of aromatic amines is 1. The molecule has 77 heavy (non-hydrogen) atoms. The quantitative estimate of drug-likeness (QED) is 0.0530. The van der Waals surface area contributed by atoms with Crippen molar-refractivity contribution in [3.05, 3.63) is 39.4 Å². The van der Waals surface area contributed by atoms with Gasteiger partial charge in [-0.15, -0.1) is 0 Å². The third-order valence-corrected chi connectivity index (χ3v) is 10.2. The number of anilines is 2. The molecule has 0 aromatic carbocycles. The second-order valence-electron chi connectivity index (χ2n) is 16.0. The number of carbonyl (C=O) groups excluding carboxylic acids is 1. The number of aromatic nitrogens is 6. The maximum atomic E-state index is 13.2. The van der Waals surface area contributed by atoms with Gasteiger partial charge in [-0.05, 0) is 6.07 Å². The number of carbonyl (C=O) groups is 1. The summed E-state index contributed by atoms with van der Waals surface area (Å²) in [5.74, 6) is -0.276. The Morgan fingerprint density at radius 3 is 1.14 bits per heavy atom. The van der Waals surface area contributed by atoms with Crippen LogP contribution in [0.15, 0.2) is 28.2 Å². The number of nitrogen functional groups attached to an aromatic ring is 2. The van der Waals surface area contributed by atoms with Gasteiger partial charge in [-0.25, -0.2) is 9.78 Å². The summed E-state index contributed by atoms with van der Waals surface area (Å²) in [7, 11) is 1.64. The van der Waals surface area contributed by atoms with Gasteiger partial charge >= 0.3 is 5.69 Å². The monoisotopic (exact) mass is 1110 g/mol. The van der Waals surface area contributed by atoms with Gasteiger partial charge < -0.3 is 101 Å². The predicted molar refractivity (Wildman–Crippen MR) is 277 cm³/mol. The molecular weight excluding hydrogens is 1020 g/mol. The lowest BCUT2D eigenvalue weighted by molar-refractivity contribution is -0.137. The lowest BCUT2D eigenvalue weighted by atomic mass is 10.4. The minimum Gasteiger partial charge on any atom is -0.383 e. The van der Waals surface area contributed by atoms with Gasteiger partial charge in [0.15, 0.2) is 11.2 Å². The molecule has 0 aliphatic carbocycles.